The molecular formula is C15H22ClN3O. The summed E-state index contributed by atoms with van der Waals surface area (Å²) in [7, 11) is 0. The Hall–Kier alpha value is -1.26. The normalized spacial score (nSPS) is 22.5. The van der Waals surface area contributed by atoms with E-state index in [0.29, 0.717) is 5.92 Å². The van der Waals surface area contributed by atoms with Crippen LogP contribution in [0.4, 0.5) is 0 Å². The van der Waals surface area contributed by atoms with Gasteiger partial charge in [-0.25, -0.2) is 0 Å². The van der Waals surface area contributed by atoms with E-state index in [2.05, 4.69) is 17.1 Å². The number of H-pyrrole nitrogens is 1. The van der Waals surface area contributed by atoms with E-state index in [-0.39, 0.29) is 18.5 Å². The lowest BCUT2D eigenvalue weighted by Gasteiger charge is -2.31. The highest BCUT2D eigenvalue weighted by Crippen LogP contribution is 2.31. The van der Waals surface area contributed by atoms with Crippen molar-refractivity contribution < 1.29 is 4.74 Å². The lowest BCUT2D eigenvalue weighted by atomic mass is 9.86. The Labute approximate surface area is 125 Å². The number of benzene rings is 1. The standard InChI is InChI=1S/C15H21N3O.ClH/c1-10-12-9-17-18-13(12)6-7-14(10)19-15-5-3-2-4-11(15)8-16;/h6-7,9,11,15H,2-5,8,16H2,1H3,(H,17,18);1H/t11-,15+;/m1./s1. The highest BCUT2D eigenvalue weighted by molar-refractivity contribution is 5.85. The molecule has 0 amide bonds. The van der Waals surface area contributed by atoms with Crippen LogP contribution in [0.5, 0.6) is 5.75 Å². The molecule has 1 aromatic carbocycles. The van der Waals surface area contributed by atoms with Gasteiger partial charge in [0.2, 0.25) is 0 Å². The molecule has 1 heterocycles. The number of aromatic amines is 1. The Bertz CT molecular complexity index is 569. The zero-order chi connectivity index (χ0) is 13.2. The smallest absolute Gasteiger partial charge is 0.123 e. The van der Waals surface area contributed by atoms with Gasteiger partial charge in [-0.05, 0) is 44.9 Å². The first-order valence-corrected chi connectivity index (χ1v) is 7.09. The molecule has 0 aliphatic heterocycles. The van der Waals surface area contributed by atoms with Gasteiger partial charge in [-0.2, -0.15) is 5.10 Å². The van der Waals surface area contributed by atoms with Gasteiger partial charge in [0.1, 0.15) is 11.9 Å². The highest BCUT2D eigenvalue weighted by Gasteiger charge is 2.26. The minimum Gasteiger partial charge on any atom is -0.490 e. The zero-order valence-electron chi connectivity index (χ0n) is 11.8. The van der Waals surface area contributed by atoms with Crippen molar-refractivity contribution in [3.8, 4) is 5.75 Å². The number of nitrogens with zero attached hydrogens (tertiary/aromatic N) is 1. The predicted octanol–water partition coefficient (Wildman–Crippen LogP) is 3.19. The molecule has 110 valence electrons. The van der Waals surface area contributed by atoms with Crippen LogP contribution >= 0.6 is 12.4 Å². The van der Waals surface area contributed by atoms with Crippen molar-refractivity contribution >= 4 is 23.3 Å². The van der Waals surface area contributed by atoms with Gasteiger partial charge in [0, 0.05) is 16.9 Å². The van der Waals surface area contributed by atoms with E-state index >= 15 is 0 Å². The molecule has 3 rings (SSSR count). The second-order valence-electron chi connectivity index (χ2n) is 5.46. The number of ether oxygens (including phenoxy) is 1. The van der Waals surface area contributed by atoms with Gasteiger partial charge in [0.15, 0.2) is 0 Å². The fourth-order valence-electron chi connectivity index (χ4n) is 3.03. The largest absolute Gasteiger partial charge is 0.490 e. The highest BCUT2D eigenvalue weighted by atomic mass is 35.5. The average molecular weight is 296 g/mol. The molecule has 5 heteroatoms. The van der Waals surface area contributed by atoms with Crippen molar-refractivity contribution in [3.63, 3.8) is 0 Å². The molecule has 20 heavy (non-hydrogen) atoms. The van der Waals surface area contributed by atoms with Crippen molar-refractivity contribution in [2.24, 2.45) is 11.7 Å². The van der Waals surface area contributed by atoms with Crippen molar-refractivity contribution in [1.82, 2.24) is 10.2 Å². The number of nitrogens with one attached hydrogen (secondary N) is 1. The minimum absolute atomic E-state index is 0. The molecule has 0 spiro atoms. The molecular weight excluding hydrogens is 274 g/mol. The summed E-state index contributed by atoms with van der Waals surface area (Å²) in [5.74, 6) is 1.47. The monoisotopic (exact) mass is 295 g/mol. The fraction of sp³-hybridized carbons (Fsp3) is 0.533. The molecule has 0 bridgehead atoms. The predicted molar refractivity (Wildman–Crippen MR) is 83.5 cm³/mol. The van der Waals surface area contributed by atoms with Gasteiger partial charge >= 0.3 is 0 Å². The molecule has 1 saturated carbocycles. The van der Waals surface area contributed by atoms with Crippen molar-refractivity contribution in [1.29, 1.82) is 0 Å². The van der Waals surface area contributed by atoms with E-state index in [1.54, 1.807) is 0 Å². The Kier molecular flexibility index (Phi) is 4.89. The van der Waals surface area contributed by atoms with Crippen LogP contribution in [-0.4, -0.2) is 22.8 Å². The Balaban J connectivity index is 0.00000147. The SMILES string of the molecule is Cc1c(O[C@H]2CCCC[C@@H]2CN)ccc2[nH]ncc12.Cl. The van der Waals surface area contributed by atoms with Gasteiger partial charge in [0.25, 0.3) is 0 Å². The Morgan fingerprint density at radius 3 is 2.95 bits per heavy atom. The van der Waals surface area contributed by atoms with Gasteiger partial charge < -0.3 is 10.5 Å². The molecule has 2 atom stereocenters. The molecule has 0 unspecified atom stereocenters. The van der Waals surface area contributed by atoms with Gasteiger partial charge in [-0.1, -0.05) is 6.42 Å². The van der Waals surface area contributed by atoms with Crippen LogP contribution in [0, 0.1) is 12.8 Å². The maximum atomic E-state index is 6.25. The zero-order valence-corrected chi connectivity index (χ0v) is 12.6. The number of nitrogens with two attached hydrogens (primary N) is 1. The molecule has 2 aromatic rings. The first-order chi connectivity index (χ1) is 9.29. The first kappa shape index (κ1) is 15.1. The number of aromatic nitrogens is 2. The van der Waals surface area contributed by atoms with Crippen LogP contribution in [-0.2, 0) is 0 Å². The van der Waals surface area contributed by atoms with Crippen LogP contribution < -0.4 is 10.5 Å². The minimum atomic E-state index is 0. The molecule has 1 fully saturated rings. The Morgan fingerprint density at radius 2 is 2.15 bits per heavy atom. The first-order valence-electron chi connectivity index (χ1n) is 7.09. The van der Waals surface area contributed by atoms with Gasteiger partial charge in [-0.3, -0.25) is 5.10 Å². The van der Waals surface area contributed by atoms with E-state index in [9.17, 15) is 0 Å². The third kappa shape index (κ3) is 2.76. The molecule has 3 N–H and O–H groups in total. The summed E-state index contributed by atoms with van der Waals surface area (Å²) in [6.07, 6.45) is 6.95. The van der Waals surface area contributed by atoms with Crippen LogP contribution in [0.25, 0.3) is 10.9 Å². The molecule has 1 aliphatic rings. The quantitative estimate of drug-likeness (QED) is 0.914. The van der Waals surface area contributed by atoms with Gasteiger partial charge in [0.05, 0.1) is 11.7 Å². The second kappa shape index (κ2) is 6.46. The van der Waals surface area contributed by atoms with E-state index in [0.717, 1.165) is 35.2 Å². The lowest BCUT2D eigenvalue weighted by molar-refractivity contribution is 0.0965. The number of hydrogen-bond donors (Lipinski definition) is 2. The van der Waals surface area contributed by atoms with Crippen LogP contribution in [0.3, 0.4) is 0 Å². The van der Waals surface area contributed by atoms with E-state index in [1.165, 1.54) is 19.3 Å². The van der Waals surface area contributed by atoms with Crippen LogP contribution in [0.1, 0.15) is 31.2 Å². The van der Waals surface area contributed by atoms with E-state index in [4.69, 9.17) is 10.5 Å². The van der Waals surface area contributed by atoms with Crippen molar-refractivity contribution in [2.75, 3.05) is 6.54 Å². The summed E-state index contributed by atoms with van der Waals surface area (Å²) in [6.45, 7) is 2.81. The summed E-state index contributed by atoms with van der Waals surface area (Å²) in [4.78, 5) is 0. The van der Waals surface area contributed by atoms with E-state index < -0.39 is 0 Å². The molecule has 0 radical (unpaired) electrons. The Morgan fingerprint density at radius 1 is 1.35 bits per heavy atom. The molecule has 4 nitrogen and oxygen atoms in total. The summed E-state index contributed by atoms with van der Waals surface area (Å²) in [5, 5.41) is 8.20. The summed E-state index contributed by atoms with van der Waals surface area (Å²) in [6, 6.07) is 4.07. The van der Waals surface area contributed by atoms with E-state index in [1.807, 2.05) is 18.3 Å². The number of fused-ring (bicyclic) bond motifs is 1. The van der Waals surface area contributed by atoms with Crippen LogP contribution in [0.2, 0.25) is 0 Å². The maximum Gasteiger partial charge on any atom is 0.123 e. The number of rotatable bonds is 3. The summed E-state index contributed by atoms with van der Waals surface area (Å²) in [5.41, 5.74) is 8.08. The van der Waals surface area contributed by atoms with Crippen molar-refractivity contribution in [3.05, 3.63) is 23.9 Å². The maximum absolute atomic E-state index is 6.25. The number of hydrogen-bond acceptors (Lipinski definition) is 3. The summed E-state index contributed by atoms with van der Waals surface area (Å²) < 4.78 is 6.25. The second-order valence-corrected chi connectivity index (χ2v) is 5.46. The third-order valence-corrected chi connectivity index (χ3v) is 4.26. The molecule has 1 aliphatic carbocycles. The van der Waals surface area contributed by atoms with Gasteiger partial charge in [-0.15, -0.1) is 12.4 Å². The fourth-order valence-corrected chi connectivity index (χ4v) is 3.03. The third-order valence-electron chi connectivity index (χ3n) is 4.26. The molecule has 1 aromatic heterocycles. The van der Waals surface area contributed by atoms with Crippen LogP contribution in [0.15, 0.2) is 18.3 Å². The molecule has 0 saturated heterocycles. The number of aryl methyl sites for hydroxylation is 1. The van der Waals surface area contributed by atoms with Crippen molar-refractivity contribution in [2.45, 2.75) is 38.7 Å². The number of halogens is 1. The lowest BCUT2D eigenvalue weighted by Crippen LogP contribution is -2.35. The average Bonchev–Trinajstić information content (AvgIpc) is 2.92. The summed E-state index contributed by atoms with van der Waals surface area (Å²) >= 11 is 0. The topological polar surface area (TPSA) is 63.9 Å².